The fourth-order valence-electron chi connectivity index (χ4n) is 1.70. The van der Waals surface area contributed by atoms with E-state index >= 15 is 0 Å². The van der Waals surface area contributed by atoms with Crippen LogP contribution in [0.4, 0.5) is 5.69 Å². The van der Waals surface area contributed by atoms with Gasteiger partial charge in [0.1, 0.15) is 0 Å². The normalized spacial score (nSPS) is 10.0. The van der Waals surface area contributed by atoms with Gasteiger partial charge in [-0.25, -0.2) is 0 Å². The van der Waals surface area contributed by atoms with Crippen LogP contribution in [0, 0.1) is 6.92 Å². The maximum absolute atomic E-state index is 11.8. The van der Waals surface area contributed by atoms with Crippen LogP contribution in [0.1, 0.15) is 15.2 Å². The lowest BCUT2D eigenvalue weighted by Crippen LogP contribution is -2.42. The van der Waals surface area contributed by atoms with Gasteiger partial charge in [0.05, 0.1) is 16.4 Å². The van der Waals surface area contributed by atoms with E-state index in [1.165, 1.54) is 23.1 Å². The highest BCUT2D eigenvalue weighted by molar-refractivity contribution is 8.00. The predicted molar refractivity (Wildman–Crippen MR) is 97.1 cm³/mol. The predicted octanol–water partition coefficient (Wildman–Crippen LogP) is 2.19. The summed E-state index contributed by atoms with van der Waals surface area (Å²) in [7, 11) is 0. The van der Waals surface area contributed by atoms with E-state index in [9.17, 15) is 14.4 Å². The van der Waals surface area contributed by atoms with Gasteiger partial charge in [-0.2, -0.15) is 0 Å². The van der Waals surface area contributed by atoms with Crippen molar-refractivity contribution >= 4 is 46.5 Å². The molecular formula is C16H17N3O3S2. The molecule has 0 radical (unpaired) electrons. The maximum Gasteiger partial charge on any atom is 0.279 e. The molecule has 6 nitrogen and oxygen atoms in total. The van der Waals surface area contributed by atoms with E-state index in [0.717, 1.165) is 11.3 Å². The van der Waals surface area contributed by atoms with Crippen molar-refractivity contribution in [1.82, 2.24) is 10.9 Å². The summed E-state index contributed by atoms with van der Waals surface area (Å²) in [6.45, 7) is 1.97. The molecule has 126 valence electrons. The molecule has 2 rings (SSSR count). The summed E-state index contributed by atoms with van der Waals surface area (Å²) in [6.07, 6.45) is 0. The largest absolute Gasteiger partial charge is 0.325 e. The quantitative estimate of drug-likeness (QED) is 0.687. The highest BCUT2D eigenvalue weighted by Gasteiger charge is 2.09. The second kappa shape index (κ2) is 9.09. The third kappa shape index (κ3) is 6.05. The van der Waals surface area contributed by atoms with Crippen LogP contribution in [0.2, 0.25) is 0 Å². The summed E-state index contributed by atoms with van der Waals surface area (Å²) in [5.74, 6) is -0.681. The minimum Gasteiger partial charge on any atom is -0.325 e. The number of amides is 3. The fourth-order valence-corrected chi connectivity index (χ4v) is 2.94. The molecule has 1 aromatic heterocycles. The zero-order valence-electron chi connectivity index (χ0n) is 13.0. The standard InChI is InChI=1S/C16H17N3O3S2/c1-11-4-6-12(7-5-11)17-14(20)9-23-10-15(21)18-19-16(22)13-3-2-8-24-13/h2-8H,9-10H2,1H3,(H,17,20)(H,18,21)(H,19,22). The van der Waals surface area contributed by atoms with E-state index in [2.05, 4.69) is 16.2 Å². The zero-order chi connectivity index (χ0) is 17.4. The molecule has 0 saturated heterocycles. The van der Waals surface area contributed by atoms with Crippen LogP contribution < -0.4 is 16.2 Å². The lowest BCUT2D eigenvalue weighted by atomic mass is 10.2. The Bertz CT molecular complexity index is 700. The van der Waals surface area contributed by atoms with Crippen molar-refractivity contribution in [2.45, 2.75) is 6.92 Å². The van der Waals surface area contributed by atoms with Gasteiger partial charge in [-0.15, -0.1) is 23.1 Å². The number of aryl methyl sites for hydroxylation is 1. The number of rotatable bonds is 6. The maximum atomic E-state index is 11.8. The number of carbonyl (C=O) groups is 3. The zero-order valence-corrected chi connectivity index (χ0v) is 14.6. The average Bonchev–Trinajstić information content (AvgIpc) is 3.09. The monoisotopic (exact) mass is 363 g/mol. The van der Waals surface area contributed by atoms with Crippen molar-refractivity contribution in [2.75, 3.05) is 16.8 Å². The van der Waals surface area contributed by atoms with Gasteiger partial charge in [0.15, 0.2) is 0 Å². The summed E-state index contributed by atoms with van der Waals surface area (Å²) in [5.41, 5.74) is 6.48. The fraction of sp³-hybridized carbons (Fsp3) is 0.188. The first kappa shape index (κ1) is 18.0. The minimum absolute atomic E-state index is 0.0754. The number of hydrazine groups is 1. The van der Waals surface area contributed by atoms with E-state index in [1.807, 2.05) is 31.2 Å². The molecule has 0 saturated carbocycles. The van der Waals surface area contributed by atoms with Crippen LogP contribution in [-0.4, -0.2) is 29.2 Å². The van der Waals surface area contributed by atoms with E-state index in [0.29, 0.717) is 4.88 Å². The molecule has 0 aliphatic carbocycles. The van der Waals surface area contributed by atoms with E-state index in [-0.39, 0.29) is 29.2 Å². The smallest absolute Gasteiger partial charge is 0.279 e. The lowest BCUT2D eigenvalue weighted by Gasteiger charge is -2.07. The first-order valence-corrected chi connectivity index (χ1v) is 9.15. The van der Waals surface area contributed by atoms with Gasteiger partial charge in [0.2, 0.25) is 11.8 Å². The Morgan fingerprint density at radius 3 is 2.38 bits per heavy atom. The summed E-state index contributed by atoms with van der Waals surface area (Å²) in [4.78, 5) is 35.5. The van der Waals surface area contributed by atoms with Crippen LogP contribution in [0.3, 0.4) is 0 Å². The van der Waals surface area contributed by atoms with Crippen LogP contribution in [0.15, 0.2) is 41.8 Å². The number of thioether (sulfide) groups is 1. The van der Waals surface area contributed by atoms with Crippen LogP contribution in [-0.2, 0) is 9.59 Å². The van der Waals surface area contributed by atoms with Gasteiger partial charge in [0.25, 0.3) is 5.91 Å². The van der Waals surface area contributed by atoms with Gasteiger partial charge in [-0.3, -0.25) is 25.2 Å². The number of anilines is 1. The van der Waals surface area contributed by atoms with Crippen LogP contribution in [0.25, 0.3) is 0 Å². The van der Waals surface area contributed by atoms with E-state index in [1.54, 1.807) is 17.5 Å². The van der Waals surface area contributed by atoms with Gasteiger partial charge in [-0.1, -0.05) is 23.8 Å². The highest BCUT2D eigenvalue weighted by atomic mass is 32.2. The van der Waals surface area contributed by atoms with Crippen LogP contribution in [0.5, 0.6) is 0 Å². The molecule has 0 unspecified atom stereocenters. The van der Waals surface area contributed by atoms with Crippen molar-refractivity contribution in [3.63, 3.8) is 0 Å². The number of hydrogen-bond donors (Lipinski definition) is 3. The molecule has 24 heavy (non-hydrogen) atoms. The van der Waals surface area contributed by atoms with Gasteiger partial charge in [0, 0.05) is 5.69 Å². The second-order valence-electron chi connectivity index (χ2n) is 4.89. The summed E-state index contributed by atoms with van der Waals surface area (Å²) < 4.78 is 0. The number of carbonyl (C=O) groups excluding carboxylic acids is 3. The Morgan fingerprint density at radius 2 is 1.71 bits per heavy atom. The molecular weight excluding hydrogens is 346 g/mol. The van der Waals surface area contributed by atoms with Gasteiger partial charge < -0.3 is 5.32 Å². The van der Waals surface area contributed by atoms with Gasteiger partial charge in [-0.05, 0) is 30.5 Å². The Labute approximate surface area is 148 Å². The Morgan fingerprint density at radius 1 is 1.00 bits per heavy atom. The third-order valence-electron chi connectivity index (χ3n) is 2.86. The molecule has 0 atom stereocenters. The molecule has 8 heteroatoms. The minimum atomic E-state index is -0.368. The first-order chi connectivity index (χ1) is 11.5. The Balaban J connectivity index is 1.62. The van der Waals surface area contributed by atoms with Crippen molar-refractivity contribution in [3.8, 4) is 0 Å². The molecule has 0 spiro atoms. The Hall–Kier alpha value is -2.32. The summed E-state index contributed by atoms with van der Waals surface area (Å²) in [5, 5.41) is 4.53. The van der Waals surface area contributed by atoms with Crippen molar-refractivity contribution < 1.29 is 14.4 Å². The second-order valence-corrected chi connectivity index (χ2v) is 6.82. The molecule has 1 aromatic carbocycles. The molecule has 0 aliphatic rings. The molecule has 0 fully saturated rings. The first-order valence-electron chi connectivity index (χ1n) is 7.11. The number of thiophene rings is 1. The van der Waals surface area contributed by atoms with E-state index in [4.69, 9.17) is 0 Å². The van der Waals surface area contributed by atoms with Crippen LogP contribution >= 0.6 is 23.1 Å². The molecule has 0 aliphatic heterocycles. The molecule has 2 aromatic rings. The highest BCUT2D eigenvalue weighted by Crippen LogP contribution is 2.10. The van der Waals surface area contributed by atoms with Crippen molar-refractivity contribution in [1.29, 1.82) is 0 Å². The van der Waals surface area contributed by atoms with Gasteiger partial charge >= 0.3 is 0 Å². The molecule has 1 heterocycles. The SMILES string of the molecule is Cc1ccc(NC(=O)CSCC(=O)NNC(=O)c2cccs2)cc1. The number of hydrogen-bond acceptors (Lipinski definition) is 5. The molecule has 3 amide bonds. The lowest BCUT2D eigenvalue weighted by molar-refractivity contribution is -0.119. The van der Waals surface area contributed by atoms with Crippen molar-refractivity contribution in [2.24, 2.45) is 0 Å². The topological polar surface area (TPSA) is 87.3 Å². The van der Waals surface area contributed by atoms with Crippen molar-refractivity contribution in [3.05, 3.63) is 52.2 Å². The third-order valence-corrected chi connectivity index (χ3v) is 4.66. The average molecular weight is 363 g/mol. The van der Waals surface area contributed by atoms with E-state index < -0.39 is 0 Å². The Kier molecular flexibility index (Phi) is 6.83. The number of benzene rings is 1. The molecule has 0 bridgehead atoms. The number of nitrogens with one attached hydrogen (secondary N) is 3. The summed E-state index contributed by atoms with van der Waals surface area (Å²) >= 11 is 2.45. The summed E-state index contributed by atoms with van der Waals surface area (Å²) in [6, 6.07) is 10.9. The molecule has 3 N–H and O–H groups in total.